The Hall–Kier alpha value is -1.11. The molecule has 1 aromatic rings. The standard InChI is InChI=1S/C10H11F/c1-2-9(8-11)10-6-4-3-5-7-10/h3-8H,2H2,1H3. The van der Waals surface area contributed by atoms with E-state index in [9.17, 15) is 4.39 Å². The highest BCUT2D eigenvalue weighted by atomic mass is 19.1. The van der Waals surface area contributed by atoms with Crippen LogP contribution in [-0.4, -0.2) is 0 Å². The van der Waals surface area contributed by atoms with Crippen molar-refractivity contribution in [1.82, 2.24) is 0 Å². The molecule has 58 valence electrons. The van der Waals surface area contributed by atoms with Crippen LogP contribution in [0.15, 0.2) is 36.7 Å². The predicted octanol–water partition coefficient (Wildman–Crippen LogP) is 3.41. The van der Waals surface area contributed by atoms with Gasteiger partial charge in [0.25, 0.3) is 0 Å². The van der Waals surface area contributed by atoms with E-state index in [1.165, 1.54) is 0 Å². The highest BCUT2D eigenvalue weighted by molar-refractivity contribution is 5.63. The molecule has 0 atom stereocenters. The summed E-state index contributed by atoms with van der Waals surface area (Å²) in [6, 6.07) is 9.57. The summed E-state index contributed by atoms with van der Waals surface area (Å²) in [5.74, 6) is 0. The molecule has 0 aromatic heterocycles. The third-order valence-corrected chi connectivity index (χ3v) is 1.66. The van der Waals surface area contributed by atoms with E-state index in [2.05, 4.69) is 0 Å². The van der Waals surface area contributed by atoms with Crippen molar-refractivity contribution >= 4 is 5.57 Å². The fourth-order valence-corrected chi connectivity index (χ4v) is 0.996. The molecule has 0 N–H and O–H groups in total. The minimum absolute atomic E-state index is 0.676. The molecular weight excluding hydrogens is 139 g/mol. The molecule has 0 bridgehead atoms. The van der Waals surface area contributed by atoms with E-state index in [1.807, 2.05) is 37.3 Å². The van der Waals surface area contributed by atoms with E-state index in [1.54, 1.807) is 0 Å². The molecule has 0 saturated heterocycles. The van der Waals surface area contributed by atoms with Gasteiger partial charge in [0.1, 0.15) is 0 Å². The Morgan fingerprint density at radius 1 is 1.36 bits per heavy atom. The molecule has 0 fully saturated rings. The summed E-state index contributed by atoms with van der Waals surface area (Å²) in [5, 5.41) is 0. The monoisotopic (exact) mass is 150 g/mol. The van der Waals surface area contributed by atoms with Crippen LogP contribution >= 0.6 is 0 Å². The van der Waals surface area contributed by atoms with Crippen molar-refractivity contribution in [1.29, 1.82) is 0 Å². The third kappa shape index (κ3) is 1.90. The molecule has 1 heteroatoms. The number of hydrogen-bond donors (Lipinski definition) is 0. The van der Waals surface area contributed by atoms with Crippen molar-refractivity contribution in [3.63, 3.8) is 0 Å². The lowest BCUT2D eigenvalue weighted by Crippen LogP contribution is -1.79. The molecule has 11 heavy (non-hydrogen) atoms. The molecule has 0 nitrogen and oxygen atoms in total. The summed E-state index contributed by atoms with van der Waals surface area (Å²) < 4.78 is 12.2. The molecular formula is C10H11F. The molecule has 0 aliphatic heterocycles. The van der Waals surface area contributed by atoms with Gasteiger partial charge in [-0.2, -0.15) is 0 Å². The second kappa shape index (κ2) is 3.91. The van der Waals surface area contributed by atoms with E-state index in [4.69, 9.17) is 0 Å². The van der Waals surface area contributed by atoms with Crippen LogP contribution in [0.2, 0.25) is 0 Å². The van der Waals surface area contributed by atoms with Gasteiger partial charge in [-0.1, -0.05) is 37.3 Å². The lowest BCUT2D eigenvalue weighted by molar-refractivity contribution is 0.720. The molecule has 1 aromatic carbocycles. The van der Waals surface area contributed by atoms with Gasteiger partial charge in [-0.15, -0.1) is 0 Å². The Balaban J connectivity index is 2.92. The van der Waals surface area contributed by atoms with E-state index in [0.29, 0.717) is 6.33 Å². The summed E-state index contributed by atoms with van der Waals surface area (Å²) >= 11 is 0. The van der Waals surface area contributed by atoms with E-state index in [0.717, 1.165) is 17.6 Å². The zero-order valence-corrected chi connectivity index (χ0v) is 6.55. The first-order valence-electron chi connectivity index (χ1n) is 3.73. The van der Waals surface area contributed by atoms with Crippen LogP contribution in [0.3, 0.4) is 0 Å². The Bertz CT molecular complexity index is 236. The highest BCUT2D eigenvalue weighted by Gasteiger charge is 1.95. The lowest BCUT2D eigenvalue weighted by atomic mass is 10.1. The van der Waals surface area contributed by atoms with Gasteiger partial charge in [0.2, 0.25) is 0 Å². The Morgan fingerprint density at radius 3 is 2.45 bits per heavy atom. The number of allylic oxidation sites excluding steroid dienone is 1. The van der Waals surface area contributed by atoms with Crippen LogP contribution < -0.4 is 0 Å². The summed E-state index contributed by atoms with van der Waals surface area (Å²) in [7, 11) is 0. The molecule has 1 rings (SSSR count). The molecule has 0 saturated carbocycles. The smallest absolute Gasteiger partial charge is 0.0904 e. The van der Waals surface area contributed by atoms with Crippen molar-refractivity contribution < 1.29 is 4.39 Å². The molecule has 0 radical (unpaired) electrons. The topological polar surface area (TPSA) is 0 Å². The maximum Gasteiger partial charge on any atom is 0.0904 e. The third-order valence-electron chi connectivity index (χ3n) is 1.66. The van der Waals surface area contributed by atoms with Crippen molar-refractivity contribution in [3.8, 4) is 0 Å². The number of rotatable bonds is 2. The number of halogens is 1. The molecule has 0 unspecified atom stereocenters. The Morgan fingerprint density at radius 2 is 2.00 bits per heavy atom. The van der Waals surface area contributed by atoms with Crippen LogP contribution in [0, 0.1) is 0 Å². The molecule has 0 aliphatic rings. The first-order chi connectivity index (χ1) is 5.38. The fraction of sp³-hybridized carbons (Fsp3) is 0.200. The quantitative estimate of drug-likeness (QED) is 0.606. The normalized spacial score (nSPS) is 11.6. The first-order valence-corrected chi connectivity index (χ1v) is 3.73. The van der Waals surface area contributed by atoms with Crippen molar-refractivity contribution in [3.05, 3.63) is 42.2 Å². The van der Waals surface area contributed by atoms with Crippen molar-refractivity contribution in [2.24, 2.45) is 0 Å². The van der Waals surface area contributed by atoms with Gasteiger partial charge < -0.3 is 0 Å². The zero-order chi connectivity index (χ0) is 8.10. The largest absolute Gasteiger partial charge is 0.215 e. The molecule has 0 spiro atoms. The molecule has 0 aliphatic carbocycles. The van der Waals surface area contributed by atoms with Crippen LogP contribution in [0.5, 0.6) is 0 Å². The SMILES string of the molecule is CCC(=CF)c1ccccc1. The summed E-state index contributed by atoms with van der Waals surface area (Å²) in [4.78, 5) is 0. The lowest BCUT2D eigenvalue weighted by Gasteiger charge is -2.00. The average molecular weight is 150 g/mol. The summed E-state index contributed by atoms with van der Waals surface area (Å²) in [6.07, 6.45) is 1.41. The van der Waals surface area contributed by atoms with Crippen LogP contribution in [0.1, 0.15) is 18.9 Å². The van der Waals surface area contributed by atoms with Crippen molar-refractivity contribution in [2.45, 2.75) is 13.3 Å². The zero-order valence-electron chi connectivity index (χ0n) is 6.55. The van der Waals surface area contributed by atoms with Gasteiger partial charge >= 0.3 is 0 Å². The van der Waals surface area contributed by atoms with Gasteiger partial charge in [0, 0.05) is 0 Å². The first kappa shape index (κ1) is 7.99. The second-order valence-electron chi connectivity index (χ2n) is 2.35. The van der Waals surface area contributed by atoms with E-state index < -0.39 is 0 Å². The summed E-state index contributed by atoms with van der Waals surface area (Å²) in [6.45, 7) is 1.94. The average Bonchev–Trinajstić information content (AvgIpc) is 2.09. The maximum absolute atomic E-state index is 12.2. The maximum atomic E-state index is 12.2. The Kier molecular flexibility index (Phi) is 2.84. The number of benzene rings is 1. The molecule has 0 amide bonds. The second-order valence-corrected chi connectivity index (χ2v) is 2.35. The van der Waals surface area contributed by atoms with Gasteiger partial charge in [-0.3, -0.25) is 0 Å². The van der Waals surface area contributed by atoms with Crippen LogP contribution in [0.25, 0.3) is 5.57 Å². The number of hydrogen-bond acceptors (Lipinski definition) is 0. The van der Waals surface area contributed by atoms with E-state index in [-0.39, 0.29) is 0 Å². The fourth-order valence-electron chi connectivity index (χ4n) is 0.996. The van der Waals surface area contributed by atoms with Gasteiger partial charge in [-0.25, -0.2) is 4.39 Å². The molecule has 0 heterocycles. The van der Waals surface area contributed by atoms with Crippen LogP contribution in [0.4, 0.5) is 4.39 Å². The summed E-state index contributed by atoms with van der Waals surface area (Å²) in [5.41, 5.74) is 1.73. The van der Waals surface area contributed by atoms with E-state index >= 15 is 0 Å². The minimum atomic E-state index is 0.676. The Labute approximate surface area is 66.4 Å². The predicted molar refractivity (Wildman–Crippen MR) is 45.8 cm³/mol. The highest BCUT2D eigenvalue weighted by Crippen LogP contribution is 2.16. The van der Waals surface area contributed by atoms with Crippen LogP contribution in [-0.2, 0) is 0 Å². The minimum Gasteiger partial charge on any atom is -0.215 e. The van der Waals surface area contributed by atoms with Gasteiger partial charge in [0.05, 0.1) is 6.33 Å². The van der Waals surface area contributed by atoms with Crippen molar-refractivity contribution in [2.75, 3.05) is 0 Å². The van der Waals surface area contributed by atoms with Gasteiger partial charge in [0.15, 0.2) is 0 Å². The van der Waals surface area contributed by atoms with Gasteiger partial charge in [-0.05, 0) is 17.6 Å².